The van der Waals surface area contributed by atoms with Crippen LogP contribution in [0.25, 0.3) is 0 Å². The third kappa shape index (κ3) is 3.41. The molecular formula is C12H16F2N2O. The highest BCUT2D eigenvalue weighted by Crippen LogP contribution is 2.16. The highest BCUT2D eigenvalue weighted by molar-refractivity contribution is 5.80. The van der Waals surface area contributed by atoms with Crippen LogP contribution in [0.2, 0.25) is 0 Å². The average molecular weight is 242 g/mol. The van der Waals surface area contributed by atoms with E-state index < -0.39 is 11.6 Å². The molecule has 0 aromatic heterocycles. The number of carbonyl (C=O) groups excluding carboxylic acids is 1. The predicted molar refractivity (Wildman–Crippen MR) is 62.8 cm³/mol. The van der Waals surface area contributed by atoms with E-state index in [2.05, 4.69) is 5.32 Å². The molecule has 0 atom stereocenters. The first-order valence-corrected chi connectivity index (χ1v) is 5.55. The topological polar surface area (TPSA) is 32.3 Å². The summed E-state index contributed by atoms with van der Waals surface area (Å²) < 4.78 is 26.1. The molecule has 5 heteroatoms. The molecule has 0 fully saturated rings. The zero-order chi connectivity index (χ0) is 12.8. The molecule has 3 nitrogen and oxygen atoms in total. The van der Waals surface area contributed by atoms with E-state index >= 15 is 0 Å². The van der Waals surface area contributed by atoms with Crippen LogP contribution in [-0.4, -0.2) is 30.4 Å². The Balaban J connectivity index is 2.61. The van der Waals surface area contributed by atoms with Crippen molar-refractivity contribution >= 4 is 11.6 Å². The van der Waals surface area contributed by atoms with Gasteiger partial charge in [-0.3, -0.25) is 4.79 Å². The Morgan fingerprint density at radius 1 is 1.29 bits per heavy atom. The van der Waals surface area contributed by atoms with Gasteiger partial charge in [0.15, 0.2) is 11.6 Å². The molecule has 1 N–H and O–H groups in total. The average Bonchev–Trinajstić information content (AvgIpc) is 2.32. The molecular weight excluding hydrogens is 226 g/mol. The number of halogens is 2. The van der Waals surface area contributed by atoms with Gasteiger partial charge in [0.05, 0.1) is 12.2 Å². The monoisotopic (exact) mass is 242 g/mol. The smallest absolute Gasteiger partial charge is 0.241 e. The van der Waals surface area contributed by atoms with Gasteiger partial charge in [0, 0.05) is 13.1 Å². The van der Waals surface area contributed by atoms with E-state index in [4.69, 9.17) is 0 Å². The highest BCUT2D eigenvalue weighted by atomic mass is 19.2. The van der Waals surface area contributed by atoms with E-state index in [1.165, 1.54) is 12.1 Å². The standard InChI is InChI=1S/C12H16F2N2O/c1-3-16(4-2)11(17)8-15-10-7-5-6-9(13)12(10)14/h5-7,15H,3-4,8H2,1-2H3. The molecule has 1 aromatic carbocycles. The Morgan fingerprint density at radius 3 is 2.53 bits per heavy atom. The maximum atomic E-state index is 13.3. The Kier molecular flexibility index (Phi) is 4.87. The van der Waals surface area contributed by atoms with Gasteiger partial charge in [-0.2, -0.15) is 0 Å². The number of rotatable bonds is 5. The van der Waals surface area contributed by atoms with Crippen LogP contribution in [0, 0.1) is 11.6 Å². The number of carbonyl (C=O) groups is 1. The summed E-state index contributed by atoms with van der Waals surface area (Å²) in [6.45, 7) is 4.89. The molecule has 94 valence electrons. The second-order valence-corrected chi connectivity index (χ2v) is 3.52. The van der Waals surface area contributed by atoms with Gasteiger partial charge in [0.2, 0.25) is 5.91 Å². The summed E-state index contributed by atoms with van der Waals surface area (Å²) in [5, 5.41) is 2.60. The van der Waals surface area contributed by atoms with E-state index in [9.17, 15) is 13.6 Å². The molecule has 0 radical (unpaired) electrons. The summed E-state index contributed by atoms with van der Waals surface area (Å²) in [5.74, 6) is -2.02. The van der Waals surface area contributed by atoms with Crippen LogP contribution in [0.15, 0.2) is 18.2 Å². The Bertz CT molecular complexity index is 392. The fraction of sp³-hybridized carbons (Fsp3) is 0.417. The SMILES string of the molecule is CCN(CC)C(=O)CNc1cccc(F)c1F. The maximum Gasteiger partial charge on any atom is 0.241 e. The zero-order valence-electron chi connectivity index (χ0n) is 9.96. The lowest BCUT2D eigenvalue weighted by Gasteiger charge is -2.19. The number of anilines is 1. The van der Waals surface area contributed by atoms with E-state index in [0.717, 1.165) is 6.07 Å². The summed E-state index contributed by atoms with van der Waals surface area (Å²) in [6, 6.07) is 3.82. The molecule has 0 saturated carbocycles. The van der Waals surface area contributed by atoms with Crippen LogP contribution in [0.1, 0.15) is 13.8 Å². The second kappa shape index (κ2) is 6.18. The van der Waals surface area contributed by atoms with Crippen molar-refractivity contribution in [2.75, 3.05) is 25.0 Å². The maximum absolute atomic E-state index is 13.3. The summed E-state index contributed by atoms with van der Waals surface area (Å²) in [7, 11) is 0. The fourth-order valence-corrected chi connectivity index (χ4v) is 1.50. The third-order valence-electron chi connectivity index (χ3n) is 2.50. The largest absolute Gasteiger partial charge is 0.374 e. The van der Waals surface area contributed by atoms with Crippen molar-refractivity contribution in [1.29, 1.82) is 0 Å². The molecule has 0 aliphatic carbocycles. The number of nitrogens with one attached hydrogen (secondary N) is 1. The lowest BCUT2D eigenvalue weighted by atomic mass is 10.3. The molecule has 0 spiro atoms. The van der Waals surface area contributed by atoms with Crippen molar-refractivity contribution in [3.8, 4) is 0 Å². The van der Waals surface area contributed by atoms with Crippen LogP contribution < -0.4 is 5.32 Å². The molecule has 1 rings (SSSR count). The van der Waals surface area contributed by atoms with Gasteiger partial charge in [-0.25, -0.2) is 8.78 Å². The Labute approximate surface area is 99.4 Å². The van der Waals surface area contributed by atoms with Gasteiger partial charge in [0.1, 0.15) is 0 Å². The zero-order valence-corrected chi connectivity index (χ0v) is 9.96. The Morgan fingerprint density at radius 2 is 1.94 bits per heavy atom. The summed E-state index contributed by atoms with van der Waals surface area (Å²) in [5.41, 5.74) is 0.00510. The van der Waals surface area contributed by atoms with Gasteiger partial charge in [-0.15, -0.1) is 0 Å². The third-order valence-corrected chi connectivity index (χ3v) is 2.50. The number of benzene rings is 1. The number of hydrogen-bond acceptors (Lipinski definition) is 2. The lowest BCUT2D eigenvalue weighted by Crippen LogP contribution is -2.35. The molecule has 0 unspecified atom stereocenters. The minimum Gasteiger partial charge on any atom is -0.374 e. The highest BCUT2D eigenvalue weighted by Gasteiger charge is 2.11. The first-order chi connectivity index (χ1) is 8.10. The summed E-state index contributed by atoms with van der Waals surface area (Å²) >= 11 is 0. The van der Waals surface area contributed by atoms with Gasteiger partial charge in [-0.05, 0) is 26.0 Å². The summed E-state index contributed by atoms with van der Waals surface area (Å²) in [4.78, 5) is 13.2. The van der Waals surface area contributed by atoms with Gasteiger partial charge >= 0.3 is 0 Å². The minimum absolute atomic E-state index is 0.00510. The first-order valence-electron chi connectivity index (χ1n) is 5.55. The van der Waals surface area contributed by atoms with Crippen LogP contribution in [0.3, 0.4) is 0 Å². The summed E-state index contributed by atoms with van der Waals surface area (Å²) in [6.07, 6.45) is 0. The molecule has 0 aliphatic heterocycles. The predicted octanol–water partition coefficient (Wildman–Crippen LogP) is 2.25. The van der Waals surface area contributed by atoms with Crippen molar-refractivity contribution < 1.29 is 13.6 Å². The van der Waals surface area contributed by atoms with Crippen LogP contribution in [0.4, 0.5) is 14.5 Å². The van der Waals surface area contributed by atoms with Crippen LogP contribution in [0.5, 0.6) is 0 Å². The van der Waals surface area contributed by atoms with E-state index in [1.807, 2.05) is 13.8 Å². The molecule has 1 aromatic rings. The van der Waals surface area contributed by atoms with E-state index in [0.29, 0.717) is 13.1 Å². The van der Waals surface area contributed by atoms with Gasteiger partial charge < -0.3 is 10.2 Å². The van der Waals surface area contributed by atoms with Crippen molar-refractivity contribution in [3.05, 3.63) is 29.8 Å². The molecule has 1 amide bonds. The van der Waals surface area contributed by atoms with E-state index in [1.54, 1.807) is 4.90 Å². The van der Waals surface area contributed by atoms with Gasteiger partial charge in [0.25, 0.3) is 0 Å². The molecule has 0 aliphatic rings. The normalized spacial score (nSPS) is 10.1. The van der Waals surface area contributed by atoms with Crippen molar-refractivity contribution in [1.82, 2.24) is 4.90 Å². The van der Waals surface area contributed by atoms with Crippen molar-refractivity contribution in [2.24, 2.45) is 0 Å². The van der Waals surface area contributed by atoms with Gasteiger partial charge in [-0.1, -0.05) is 6.07 Å². The number of nitrogens with zero attached hydrogens (tertiary/aromatic N) is 1. The first kappa shape index (κ1) is 13.4. The molecule has 0 heterocycles. The number of hydrogen-bond donors (Lipinski definition) is 1. The molecule has 0 bridgehead atoms. The van der Waals surface area contributed by atoms with Crippen molar-refractivity contribution in [3.63, 3.8) is 0 Å². The van der Waals surface area contributed by atoms with Crippen LogP contribution in [-0.2, 0) is 4.79 Å². The quantitative estimate of drug-likeness (QED) is 0.858. The number of likely N-dealkylation sites (N-methyl/N-ethyl adjacent to an activating group) is 1. The number of amides is 1. The van der Waals surface area contributed by atoms with Crippen LogP contribution >= 0.6 is 0 Å². The molecule has 0 saturated heterocycles. The minimum atomic E-state index is -0.958. The second-order valence-electron chi connectivity index (χ2n) is 3.52. The fourth-order valence-electron chi connectivity index (χ4n) is 1.50. The van der Waals surface area contributed by atoms with E-state index in [-0.39, 0.29) is 18.1 Å². The lowest BCUT2D eigenvalue weighted by molar-refractivity contribution is -0.128. The Hall–Kier alpha value is -1.65. The van der Waals surface area contributed by atoms with Crippen molar-refractivity contribution in [2.45, 2.75) is 13.8 Å². The molecule has 17 heavy (non-hydrogen) atoms.